The standard InChI is InChI=1S/C17H14ClFN2O3/c1-11(17(23)21-15-8-5-13(18)10-20-15)24-16(22)9-4-12-2-6-14(19)7-3-12/h2-11H,1H3,(H,20,21,23)/b9-4+/t11-/m1/s1. The van der Waals surface area contributed by atoms with Gasteiger partial charge in [-0.1, -0.05) is 23.7 Å². The number of nitrogens with zero attached hydrogens (tertiary/aromatic N) is 1. The third-order valence-electron chi connectivity index (χ3n) is 2.92. The number of benzene rings is 1. The zero-order valence-corrected chi connectivity index (χ0v) is 13.5. The van der Waals surface area contributed by atoms with E-state index in [0.29, 0.717) is 16.4 Å². The lowest BCUT2D eigenvalue weighted by Crippen LogP contribution is -2.29. The summed E-state index contributed by atoms with van der Waals surface area (Å²) in [5, 5.41) is 2.95. The Morgan fingerprint density at radius 1 is 1.25 bits per heavy atom. The van der Waals surface area contributed by atoms with Crippen LogP contribution < -0.4 is 5.32 Å². The number of hydrogen-bond acceptors (Lipinski definition) is 4. The largest absolute Gasteiger partial charge is 0.449 e. The smallest absolute Gasteiger partial charge is 0.331 e. The average Bonchev–Trinajstić information content (AvgIpc) is 2.56. The predicted octanol–water partition coefficient (Wildman–Crippen LogP) is 3.46. The van der Waals surface area contributed by atoms with Gasteiger partial charge in [-0.15, -0.1) is 0 Å². The zero-order chi connectivity index (χ0) is 17.5. The molecule has 2 rings (SSSR count). The first-order valence-corrected chi connectivity index (χ1v) is 7.38. The number of pyridine rings is 1. The molecule has 24 heavy (non-hydrogen) atoms. The molecular weight excluding hydrogens is 335 g/mol. The Labute approximate surface area is 143 Å². The van der Waals surface area contributed by atoms with E-state index >= 15 is 0 Å². The Bertz CT molecular complexity index is 745. The summed E-state index contributed by atoms with van der Waals surface area (Å²) in [4.78, 5) is 27.5. The number of nitrogens with one attached hydrogen (secondary N) is 1. The fourth-order valence-electron chi connectivity index (χ4n) is 1.68. The molecule has 0 spiro atoms. The molecular formula is C17H14ClFN2O3. The fraction of sp³-hybridized carbons (Fsp3) is 0.118. The monoisotopic (exact) mass is 348 g/mol. The average molecular weight is 349 g/mol. The van der Waals surface area contributed by atoms with E-state index < -0.39 is 18.0 Å². The summed E-state index contributed by atoms with van der Waals surface area (Å²) < 4.78 is 17.8. The molecule has 2 aromatic rings. The van der Waals surface area contributed by atoms with Crippen LogP contribution >= 0.6 is 11.6 Å². The summed E-state index contributed by atoms with van der Waals surface area (Å²) in [6.45, 7) is 1.44. The molecule has 0 saturated heterocycles. The van der Waals surface area contributed by atoms with E-state index in [2.05, 4.69) is 10.3 Å². The highest BCUT2D eigenvalue weighted by molar-refractivity contribution is 6.30. The Balaban J connectivity index is 1.87. The van der Waals surface area contributed by atoms with Crippen LogP contribution in [0.4, 0.5) is 10.2 Å². The molecule has 0 unspecified atom stereocenters. The highest BCUT2D eigenvalue weighted by Crippen LogP contribution is 2.10. The van der Waals surface area contributed by atoms with Crippen molar-refractivity contribution in [3.63, 3.8) is 0 Å². The molecule has 1 aromatic heterocycles. The summed E-state index contributed by atoms with van der Waals surface area (Å²) in [7, 11) is 0. The number of hydrogen-bond donors (Lipinski definition) is 1. The Morgan fingerprint density at radius 3 is 2.58 bits per heavy atom. The van der Waals surface area contributed by atoms with Gasteiger partial charge in [0.1, 0.15) is 11.6 Å². The molecule has 0 radical (unpaired) electrons. The van der Waals surface area contributed by atoms with Crippen LogP contribution in [-0.2, 0) is 14.3 Å². The number of carbonyl (C=O) groups excluding carboxylic acids is 2. The summed E-state index contributed by atoms with van der Waals surface area (Å²) in [5.74, 6) is -1.27. The number of esters is 1. The van der Waals surface area contributed by atoms with Gasteiger partial charge in [0.15, 0.2) is 6.10 Å². The maximum absolute atomic E-state index is 12.8. The number of anilines is 1. The van der Waals surface area contributed by atoms with Gasteiger partial charge >= 0.3 is 5.97 Å². The van der Waals surface area contributed by atoms with E-state index in [1.807, 2.05) is 0 Å². The fourth-order valence-corrected chi connectivity index (χ4v) is 1.79. The van der Waals surface area contributed by atoms with Crippen LogP contribution in [0.2, 0.25) is 5.02 Å². The van der Waals surface area contributed by atoms with Crippen molar-refractivity contribution >= 4 is 35.4 Å². The molecule has 1 N–H and O–H groups in total. The van der Waals surface area contributed by atoms with E-state index in [1.54, 1.807) is 6.07 Å². The second kappa shape index (κ2) is 8.21. The number of aromatic nitrogens is 1. The van der Waals surface area contributed by atoms with Gasteiger partial charge in [0.25, 0.3) is 5.91 Å². The number of amides is 1. The minimum absolute atomic E-state index is 0.300. The van der Waals surface area contributed by atoms with Crippen LogP contribution in [0.15, 0.2) is 48.7 Å². The maximum Gasteiger partial charge on any atom is 0.331 e. The third kappa shape index (κ3) is 5.48. The van der Waals surface area contributed by atoms with Gasteiger partial charge in [0.2, 0.25) is 0 Å². The molecule has 0 aliphatic rings. The van der Waals surface area contributed by atoms with Crippen LogP contribution in [0.1, 0.15) is 12.5 Å². The Hall–Kier alpha value is -2.73. The zero-order valence-electron chi connectivity index (χ0n) is 12.7. The molecule has 124 valence electrons. The Kier molecular flexibility index (Phi) is 6.03. The van der Waals surface area contributed by atoms with E-state index in [4.69, 9.17) is 16.3 Å². The van der Waals surface area contributed by atoms with Crippen LogP contribution in [0.5, 0.6) is 0 Å². The number of halogens is 2. The molecule has 0 bridgehead atoms. The molecule has 7 heteroatoms. The van der Waals surface area contributed by atoms with E-state index in [0.717, 1.165) is 6.08 Å². The van der Waals surface area contributed by atoms with Crippen molar-refractivity contribution in [1.29, 1.82) is 0 Å². The van der Waals surface area contributed by atoms with Crippen LogP contribution in [0.25, 0.3) is 6.08 Å². The van der Waals surface area contributed by atoms with E-state index in [9.17, 15) is 14.0 Å². The molecule has 1 aromatic carbocycles. The minimum Gasteiger partial charge on any atom is -0.449 e. The third-order valence-corrected chi connectivity index (χ3v) is 3.15. The van der Waals surface area contributed by atoms with Gasteiger partial charge in [0.05, 0.1) is 5.02 Å². The summed E-state index contributed by atoms with van der Waals surface area (Å²) in [6, 6.07) is 8.69. The topological polar surface area (TPSA) is 68.3 Å². The van der Waals surface area contributed by atoms with Crippen LogP contribution in [0, 0.1) is 5.82 Å². The number of ether oxygens (including phenoxy) is 1. The second-order valence-corrected chi connectivity index (χ2v) is 5.25. The first kappa shape index (κ1) is 17.6. The van der Waals surface area contributed by atoms with Crippen LogP contribution in [0.3, 0.4) is 0 Å². The highest BCUT2D eigenvalue weighted by Gasteiger charge is 2.17. The first-order valence-electron chi connectivity index (χ1n) is 7.01. The van der Waals surface area contributed by atoms with Crippen molar-refractivity contribution in [3.05, 3.63) is 65.1 Å². The van der Waals surface area contributed by atoms with Gasteiger partial charge in [-0.25, -0.2) is 14.2 Å². The molecule has 0 aliphatic heterocycles. The van der Waals surface area contributed by atoms with Crippen molar-refractivity contribution in [3.8, 4) is 0 Å². The van der Waals surface area contributed by atoms with Gasteiger partial charge < -0.3 is 10.1 Å². The van der Waals surface area contributed by atoms with Gasteiger partial charge in [-0.3, -0.25) is 4.79 Å². The quantitative estimate of drug-likeness (QED) is 0.663. The lowest BCUT2D eigenvalue weighted by atomic mass is 10.2. The minimum atomic E-state index is -1.01. The molecule has 0 aliphatic carbocycles. The maximum atomic E-state index is 12.8. The molecule has 1 atom stereocenters. The number of carbonyl (C=O) groups is 2. The normalized spacial score (nSPS) is 12.0. The van der Waals surface area contributed by atoms with Crippen molar-refractivity contribution in [1.82, 2.24) is 4.98 Å². The van der Waals surface area contributed by atoms with Crippen molar-refractivity contribution in [2.45, 2.75) is 13.0 Å². The van der Waals surface area contributed by atoms with Gasteiger partial charge in [-0.05, 0) is 42.8 Å². The van der Waals surface area contributed by atoms with E-state index in [1.165, 1.54) is 49.5 Å². The van der Waals surface area contributed by atoms with Gasteiger partial charge in [0, 0.05) is 12.3 Å². The first-order chi connectivity index (χ1) is 11.4. The van der Waals surface area contributed by atoms with Gasteiger partial charge in [-0.2, -0.15) is 0 Å². The molecule has 0 saturated carbocycles. The lowest BCUT2D eigenvalue weighted by molar-refractivity contribution is -0.148. The SMILES string of the molecule is C[C@@H](OC(=O)/C=C/c1ccc(F)cc1)C(=O)Nc1ccc(Cl)cn1. The Morgan fingerprint density at radius 2 is 1.96 bits per heavy atom. The lowest BCUT2D eigenvalue weighted by Gasteiger charge is -2.11. The molecule has 1 amide bonds. The van der Waals surface area contributed by atoms with Crippen molar-refractivity contribution < 1.29 is 18.7 Å². The van der Waals surface area contributed by atoms with Crippen LogP contribution in [-0.4, -0.2) is 23.0 Å². The predicted molar refractivity (Wildman–Crippen MR) is 88.9 cm³/mol. The second-order valence-electron chi connectivity index (χ2n) is 4.81. The summed E-state index contributed by atoms with van der Waals surface area (Å²) >= 11 is 5.70. The van der Waals surface area contributed by atoms with Crippen molar-refractivity contribution in [2.24, 2.45) is 0 Å². The van der Waals surface area contributed by atoms with E-state index in [-0.39, 0.29) is 5.82 Å². The van der Waals surface area contributed by atoms with Crippen molar-refractivity contribution in [2.75, 3.05) is 5.32 Å². The molecule has 5 nitrogen and oxygen atoms in total. The summed E-state index contributed by atoms with van der Waals surface area (Å²) in [6.07, 6.45) is 3.01. The number of rotatable bonds is 5. The summed E-state index contributed by atoms with van der Waals surface area (Å²) in [5.41, 5.74) is 0.635. The molecule has 0 fully saturated rings. The highest BCUT2D eigenvalue weighted by atomic mass is 35.5. The molecule has 1 heterocycles.